The molecule has 1 aliphatic heterocycles. The van der Waals surface area contributed by atoms with Gasteiger partial charge in [0.05, 0.1) is 30.5 Å². The van der Waals surface area contributed by atoms with E-state index in [4.69, 9.17) is 0 Å². The van der Waals surface area contributed by atoms with Gasteiger partial charge in [-0.05, 0) is 19.1 Å². The number of carbonyl (C=O) groups is 2. The van der Waals surface area contributed by atoms with E-state index in [1.165, 1.54) is 5.32 Å². The van der Waals surface area contributed by atoms with Gasteiger partial charge in [0.25, 0.3) is 5.91 Å². The second-order valence-electron chi connectivity index (χ2n) is 8.68. The molecule has 0 radical (unpaired) electrons. The number of halogens is 8. The summed E-state index contributed by atoms with van der Waals surface area (Å²) in [5.41, 5.74) is -4.03. The van der Waals surface area contributed by atoms with Gasteiger partial charge in [-0.3, -0.25) is 23.9 Å². The predicted octanol–water partition coefficient (Wildman–Crippen LogP) is 3.22. The van der Waals surface area contributed by atoms with Crippen molar-refractivity contribution in [3.05, 3.63) is 63.7 Å². The molecule has 0 saturated carbocycles. The van der Waals surface area contributed by atoms with Crippen molar-refractivity contribution >= 4 is 28.7 Å². The maximum atomic E-state index is 14.7. The highest BCUT2D eigenvalue weighted by atomic mass is 19.4. The lowest BCUT2D eigenvalue weighted by molar-refractivity contribution is -0.290. The van der Waals surface area contributed by atoms with Gasteiger partial charge in [0.2, 0.25) is 11.3 Å². The first-order valence-corrected chi connectivity index (χ1v) is 11.0. The molecule has 8 nitrogen and oxygen atoms in total. The molecule has 1 fully saturated rings. The van der Waals surface area contributed by atoms with Crippen LogP contribution >= 0.6 is 0 Å². The number of aliphatic hydroxyl groups excluding tert-OH is 1. The van der Waals surface area contributed by atoms with Gasteiger partial charge in [-0.25, -0.2) is 18.2 Å². The Bertz CT molecular complexity index is 1530. The summed E-state index contributed by atoms with van der Waals surface area (Å²) in [7, 11) is 0. The number of aliphatic hydroxyl groups is 1. The Morgan fingerprint density at radius 3 is 2.26 bits per heavy atom. The molecule has 2 N–H and O–H groups in total. The largest absolute Gasteiger partial charge is 0.455 e. The van der Waals surface area contributed by atoms with E-state index in [2.05, 4.69) is 4.98 Å². The smallest absolute Gasteiger partial charge is 0.391 e. The van der Waals surface area contributed by atoms with Gasteiger partial charge in [0.1, 0.15) is 22.9 Å². The first-order chi connectivity index (χ1) is 18.0. The first-order valence-electron chi connectivity index (χ1n) is 11.0. The van der Waals surface area contributed by atoms with E-state index >= 15 is 0 Å². The van der Waals surface area contributed by atoms with Crippen molar-refractivity contribution in [2.75, 3.05) is 11.4 Å². The number of β-amino-alcohol motifs (C(OH)–C–C–N with tert-alkyl or cyclic N) is 1. The Hall–Kier alpha value is -4.08. The molecule has 0 spiro atoms. The molecule has 3 aromatic rings. The maximum Gasteiger partial charge on any atom is 0.455 e. The standard InChI is InChI=1S/C23H16F8N4O4/c1-9(22(27,28)23(29,30)31)32-21(39)13-8-35(18-14(25)4-10(24)5-15(18)26)20-12(19(13)38)2-3-16(33-20)34-7-11(36)6-17(34)37/h2-5,8-9,11,36H,6-7H2,1H3,(H,32,39). The monoisotopic (exact) mass is 564 g/mol. The van der Waals surface area contributed by atoms with Crippen LogP contribution in [0.25, 0.3) is 16.7 Å². The number of amides is 2. The number of rotatable bonds is 5. The van der Waals surface area contributed by atoms with Gasteiger partial charge in [-0.2, -0.15) is 22.0 Å². The highest BCUT2D eigenvalue weighted by molar-refractivity contribution is 5.99. The SMILES string of the molecule is CC(NC(=O)c1cn(-c2c(F)cc(F)cc2F)c2nc(N3CC(O)CC3=O)ccc2c1=O)C(F)(F)C(F)(F)F. The summed E-state index contributed by atoms with van der Waals surface area (Å²) in [6.45, 7) is 0.117. The van der Waals surface area contributed by atoms with Crippen molar-refractivity contribution < 1.29 is 49.8 Å². The first kappa shape index (κ1) is 27.9. The zero-order chi connectivity index (χ0) is 29.0. The van der Waals surface area contributed by atoms with Crippen molar-refractivity contribution in [3.63, 3.8) is 0 Å². The highest BCUT2D eigenvalue weighted by Crippen LogP contribution is 2.38. The number of nitrogens with one attached hydrogen (secondary N) is 1. The minimum absolute atomic E-state index is 0.184. The molecule has 2 amide bonds. The molecule has 208 valence electrons. The van der Waals surface area contributed by atoms with Crippen LogP contribution in [0.15, 0.2) is 35.3 Å². The fourth-order valence-electron chi connectivity index (χ4n) is 3.96. The third kappa shape index (κ3) is 4.91. The fraction of sp³-hybridized carbons (Fsp3) is 0.304. The molecule has 1 aromatic carbocycles. The van der Waals surface area contributed by atoms with E-state index in [1.54, 1.807) is 0 Å². The van der Waals surface area contributed by atoms with Crippen LogP contribution in [0.5, 0.6) is 0 Å². The van der Waals surface area contributed by atoms with Crippen LogP contribution < -0.4 is 15.6 Å². The number of fused-ring (bicyclic) bond motifs is 1. The minimum Gasteiger partial charge on any atom is -0.391 e. The molecule has 16 heteroatoms. The van der Waals surface area contributed by atoms with Gasteiger partial charge in [0.15, 0.2) is 17.3 Å². The minimum atomic E-state index is -6.05. The zero-order valence-electron chi connectivity index (χ0n) is 19.5. The second kappa shape index (κ2) is 9.59. The van der Waals surface area contributed by atoms with Crippen LogP contribution in [0.1, 0.15) is 23.7 Å². The summed E-state index contributed by atoms with van der Waals surface area (Å²) < 4.78 is 109. The lowest BCUT2D eigenvalue weighted by atomic mass is 10.1. The molecular formula is C23H16F8N4O4. The van der Waals surface area contributed by atoms with E-state index in [-0.39, 0.29) is 30.9 Å². The van der Waals surface area contributed by atoms with Crippen molar-refractivity contribution in [1.29, 1.82) is 0 Å². The number of benzene rings is 1. The topological polar surface area (TPSA) is 105 Å². The van der Waals surface area contributed by atoms with Crippen molar-refractivity contribution in [3.8, 4) is 5.69 Å². The van der Waals surface area contributed by atoms with E-state index in [1.807, 2.05) is 0 Å². The molecule has 2 aromatic heterocycles. The lowest BCUT2D eigenvalue weighted by Crippen LogP contribution is -2.54. The summed E-state index contributed by atoms with van der Waals surface area (Å²) in [5.74, 6) is -12.4. The molecule has 2 atom stereocenters. The van der Waals surface area contributed by atoms with Gasteiger partial charge in [-0.15, -0.1) is 0 Å². The van der Waals surface area contributed by atoms with E-state index < -0.39 is 81.2 Å². The van der Waals surface area contributed by atoms with Gasteiger partial charge in [-0.1, -0.05) is 0 Å². The molecule has 3 heterocycles. The Labute approximate surface area is 212 Å². The molecular weight excluding hydrogens is 548 g/mol. The van der Waals surface area contributed by atoms with Crippen LogP contribution in [0.3, 0.4) is 0 Å². The van der Waals surface area contributed by atoms with Crippen LogP contribution in [-0.4, -0.2) is 57.3 Å². The molecule has 0 aliphatic carbocycles. The number of aromatic nitrogens is 2. The summed E-state index contributed by atoms with van der Waals surface area (Å²) in [5, 5.41) is 10.6. The number of anilines is 1. The van der Waals surface area contributed by atoms with Gasteiger partial charge < -0.3 is 10.4 Å². The van der Waals surface area contributed by atoms with Crippen molar-refractivity contribution in [2.45, 2.75) is 37.6 Å². The Balaban J connectivity index is 1.93. The lowest BCUT2D eigenvalue weighted by Gasteiger charge is -2.26. The third-order valence-corrected chi connectivity index (χ3v) is 5.95. The van der Waals surface area contributed by atoms with Crippen LogP contribution in [0, 0.1) is 17.5 Å². The predicted molar refractivity (Wildman–Crippen MR) is 118 cm³/mol. The van der Waals surface area contributed by atoms with Crippen LogP contribution in [-0.2, 0) is 4.79 Å². The Morgan fingerprint density at radius 1 is 1.10 bits per heavy atom. The summed E-state index contributed by atoms with van der Waals surface area (Å²) >= 11 is 0. The summed E-state index contributed by atoms with van der Waals surface area (Å²) in [6, 6.07) is -0.306. The third-order valence-electron chi connectivity index (χ3n) is 5.95. The number of hydrogen-bond acceptors (Lipinski definition) is 5. The number of alkyl halides is 5. The highest BCUT2D eigenvalue weighted by Gasteiger charge is 2.61. The quantitative estimate of drug-likeness (QED) is 0.464. The number of pyridine rings is 2. The summed E-state index contributed by atoms with van der Waals surface area (Å²) in [4.78, 5) is 43.0. The number of hydrogen-bond donors (Lipinski definition) is 2. The van der Waals surface area contributed by atoms with E-state index in [0.29, 0.717) is 17.7 Å². The Morgan fingerprint density at radius 2 is 1.72 bits per heavy atom. The zero-order valence-corrected chi connectivity index (χ0v) is 19.5. The average molecular weight is 564 g/mol. The van der Waals surface area contributed by atoms with Crippen LogP contribution in [0.2, 0.25) is 0 Å². The maximum absolute atomic E-state index is 14.7. The second-order valence-corrected chi connectivity index (χ2v) is 8.68. The molecule has 39 heavy (non-hydrogen) atoms. The number of carbonyl (C=O) groups excluding carboxylic acids is 2. The molecule has 1 saturated heterocycles. The molecule has 1 aliphatic rings. The van der Waals surface area contributed by atoms with E-state index in [9.17, 15) is 54.6 Å². The van der Waals surface area contributed by atoms with Crippen LogP contribution in [0.4, 0.5) is 40.9 Å². The van der Waals surface area contributed by atoms with E-state index in [0.717, 1.165) is 17.0 Å². The molecule has 0 bridgehead atoms. The summed E-state index contributed by atoms with van der Waals surface area (Å²) in [6.07, 6.45) is -6.94. The molecule has 2 unspecified atom stereocenters. The van der Waals surface area contributed by atoms with Crippen molar-refractivity contribution in [2.24, 2.45) is 0 Å². The Kier molecular flexibility index (Phi) is 6.87. The average Bonchev–Trinajstić information content (AvgIpc) is 3.16. The normalized spacial score (nSPS) is 17.1. The number of nitrogens with zero attached hydrogens (tertiary/aromatic N) is 3. The van der Waals surface area contributed by atoms with Gasteiger partial charge in [0, 0.05) is 18.3 Å². The van der Waals surface area contributed by atoms with Gasteiger partial charge >= 0.3 is 12.1 Å². The van der Waals surface area contributed by atoms with Crippen molar-refractivity contribution in [1.82, 2.24) is 14.9 Å². The molecule has 4 rings (SSSR count). The fourth-order valence-corrected chi connectivity index (χ4v) is 3.96.